The zero-order valence-corrected chi connectivity index (χ0v) is 18.0. The number of hydrogen-bond donors (Lipinski definition) is 1. The molecule has 0 atom stereocenters. The molecule has 0 radical (unpaired) electrons. The van der Waals surface area contributed by atoms with Gasteiger partial charge in [0, 0.05) is 18.5 Å². The molecule has 10 heteroatoms. The van der Waals surface area contributed by atoms with Gasteiger partial charge in [0.25, 0.3) is 0 Å². The lowest BCUT2D eigenvalue weighted by atomic mass is 10.1. The first kappa shape index (κ1) is 21.0. The van der Waals surface area contributed by atoms with Crippen molar-refractivity contribution in [3.63, 3.8) is 0 Å². The lowest BCUT2D eigenvalue weighted by Crippen LogP contribution is -2.30. The van der Waals surface area contributed by atoms with Gasteiger partial charge in [-0.1, -0.05) is 48.1 Å². The number of esters is 1. The Bertz CT molecular complexity index is 1150. The van der Waals surface area contributed by atoms with E-state index in [0.717, 1.165) is 48.4 Å². The molecule has 1 aliphatic rings. The summed E-state index contributed by atoms with van der Waals surface area (Å²) in [4.78, 5) is 42.3. The molecule has 9 nitrogen and oxygen atoms in total. The Morgan fingerprint density at radius 3 is 2.77 bits per heavy atom. The second-order valence-corrected chi connectivity index (χ2v) is 8.15. The molecule has 2 aromatic heterocycles. The molecule has 1 amide bonds. The summed E-state index contributed by atoms with van der Waals surface area (Å²) >= 11 is 1.05. The van der Waals surface area contributed by atoms with Crippen molar-refractivity contribution in [1.82, 2.24) is 19.3 Å². The monoisotopic (exact) mass is 441 g/mol. The van der Waals surface area contributed by atoms with Gasteiger partial charge < -0.3 is 10.1 Å². The molecule has 31 heavy (non-hydrogen) atoms. The smallest absolute Gasteiger partial charge is 0.350 e. The summed E-state index contributed by atoms with van der Waals surface area (Å²) in [6.07, 6.45) is 3.73. The molecule has 1 aliphatic heterocycles. The van der Waals surface area contributed by atoms with Gasteiger partial charge in [-0.15, -0.1) is 0 Å². The third-order valence-corrected chi connectivity index (χ3v) is 5.91. The van der Waals surface area contributed by atoms with E-state index in [2.05, 4.69) is 15.4 Å². The summed E-state index contributed by atoms with van der Waals surface area (Å²) in [5.74, 6) is -0.201. The lowest BCUT2D eigenvalue weighted by Gasteiger charge is -2.01. The minimum atomic E-state index is -0.492. The zero-order valence-electron chi connectivity index (χ0n) is 17.2. The van der Waals surface area contributed by atoms with Crippen LogP contribution < -0.4 is 11.0 Å². The van der Waals surface area contributed by atoms with Gasteiger partial charge in [0.2, 0.25) is 5.91 Å². The number of carbonyl (C=O) groups excluding carboxylic acids is 2. The number of hydrogen-bond acceptors (Lipinski definition) is 7. The molecule has 0 fully saturated rings. The van der Waals surface area contributed by atoms with E-state index in [4.69, 9.17) is 4.74 Å². The van der Waals surface area contributed by atoms with Crippen molar-refractivity contribution in [2.75, 3.05) is 11.9 Å². The number of thiazole rings is 1. The summed E-state index contributed by atoms with van der Waals surface area (Å²) < 4.78 is 7.97. The maximum Gasteiger partial charge on any atom is 0.350 e. The maximum atomic E-state index is 12.6. The Hall–Kier alpha value is -3.27. The third-order valence-electron chi connectivity index (χ3n) is 4.96. The molecule has 0 saturated heterocycles. The number of nitrogens with one attached hydrogen (secondary N) is 1. The second kappa shape index (κ2) is 9.25. The average molecular weight is 442 g/mol. The van der Waals surface area contributed by atoms with E-state index in [1.54, 1.807) is 11.5 Å². The Morgan fingerprint density at radius 1 is 1.19 bits per heavy atom. The molecule has 0 aliphatic carbocycles. The van der Waals surface area contributed by atoms with Gasteiger partial charge in [-0.05, 0) is 19.8 Å². The van der Waals surface area contributed by atoms with Crippen LogP contribution in [0.15, 0.2) is 35.1 Å². The van der Waals surface area contributed by atoms with Gasteiger partial charge >= 0.3 is 11.7 Å². The summed E-state index contributed by atoms with van der Waals surface area (Å²) in [5.41, 5.74) is 0.921. The van der Waals surface area contributed by atoms with Gasteiger partial charge in [-0.2, -0.15) is 5.10 Å². The zero-order chi connectivity index (χ0) is 21.8. The van der Waals surface area contributed by atoms with Crippen LogP contribution in [0.25, 0.3) is 11.3 Å². The number of rotatable bonds is 6. The fraction of sp³-hybridized carbons (Fsp3) is 0.381. The van der Waals surface area contributed by atoms with Crippen molar-refractivity contribution < 1.29 is 14.3 Å². The van der Waals surface area contributed by atoms with Crippen LogP contribution in [0.2, 0.25) is 0 Å². The third kappa shape index (κ3) is 4.58. The van der Waals surface area contributed by atoms with Crippen LogP contribution in [-0.4, -0.2) is 37.8 Å². The standard InChI is InChI=1S/C21H23N5O4S/c1-2-30-19(28)18-17(14-9-5-3-6-10-14)23-20(31-18)22-16(27)13-26-21(29)25-12-8-4-7-11-15(25)24-26/h3,5-6,9-10H,2,4,7-8,11-13H2,1H3,(H,22,23,27). The van der Waals surface area contributed by atoms with E-state index >= 15 is 0 Å². The molecule has 0 spiro atoms. The Labute approximate surface area is 182 Å². The van der Waals surface area contributed by atoms with Crippen molar-refractivity contribution in [2.45, 2.75) is 45.7 Å². The number of fused-ring (bicyclic) bond motifs is 1. The van der Waals surface area contributed by atoms with Crippen molar-refractivity contribution in [3.8, 4) is 11.3 Å². The number of aromatic nitrogens is 4. The Balaban J connectivity index is 1.55. The molecule has 3 aromatic rings. The van der Waals surface area contributed by atoms with Gasteiger partial charge in [-0.25, -0.2) is 19.3 Å². The number of ether oxygens (including phenoxy) is 1. The van der Waals surface area contributed by atoms with Crippen molar-refractivity contribution >= 4 is 28.3 Å². The van der Waals surface area contributed by atoms with Gasteiger partial charge in [0.15, 0.2) is 5.13 Å². The summed E-state index contributed by atoms with van der Waals surface area (Å²) in [7, 11) is 0. The minimum Gasteiger partial charge on any atom is -0.462 e. The van der Waals surface area contributed by atoms with Gasteiger partial charge in [0.1, 0.15) is 17.2 Å². The lowest BCUT2D eigenvalue weighted by molar-refractivity contribution is -0.117. The first-order valence-electron chi connectivity index (χ1n) is 10.3. The Morgan fingerprint density at radius 2 is 2.00 bits per heavy atom. The van der Waals surface area contributed by atoms with E-state index in [-0.39, 0.29) is 24.0 Å². The fourth-order valence-corrected chi connectivity index (χ4v) is 4.42. The molecule has 1 N–H and O–H groups in total. The van der Waals surface area contributed by atoms with Crippen LogP contribution in [0.1, 0.15) is 41.7 Å². The largest absolute Gasteiger partial charge is 0.462 e. The van der Waals surface area contributed by atoms with Crippen molar-refractivity contribution in [1.29, 1.82) is 0 Å². The first-order chi connectivity index (χ1) is 15.1. The van der Waals surface area contributed by atoms with Gasteiger partial charge in [-0.3, -0.25) is 9.36 Å². The highest BCUT2D eigenvalue weighted by Crippen LogP contribution is 2.31. The number of nitrogens with zero attached hydrogens (tertiary/aromatic N) is 4. The van der Waals surface area contributed by atoms with Crippen LogP contribution in [0.4, 0.5) is 5.13 Å². The highest BCUT2D eigenvalue weighted by Gasteiger charge is 2.22. The highest BCUT2D eigenvalue weighted by molar-refractivity contribution is 7.18. The van der Waals surface area contributed by atoms with Crippen LogP contribution in [0.3, 0.4) is 0 Å². The molecule has 3 heterocycles. The number of aryl methyl sites for hydroxylation is 1. The predicted octanol–water partition coefficient (Wildman–Crippen LogP) is 2.71. The summed E-state index contributed by atoms with van der Waals surface area (Å²) in [6.45, 7) is 2.38. The highest BCUT2D eigenvalue weighted by atomic mass is 32.1. The normalized spacial score (nSPS) is 13.3. The number of anilines is 1. The molecule has 0 bridgehead atoms. The van der Waals surface area contributed by atoms with E-state index in [9.17, 15) is 14.4 Å². The second-order valence-electron chi connectivity index (χ2n) is 7.15. The molecule has 4 rings (SSSR count). The first-order valence-corrected chi connectivity index (χ1v) is 11.1. The minimum absolute atomic E-state index is 0.214. The van der Waals surface area contributed by atoms with Crippen molar-refractivity contribution in [2.24, 2.45) is 0 Å². The number of carbonyl (C=O) groups is 2. The molecular formula is C21H23N5O4S. The topological polar surface area (TPSA) is 108 Å². The number of amides is 1. The molecule has 1 aromatic carbocycles. The average Bonchev–Trinajstić information content (AvgIpc) is 3.21. The van der Waals surface area contributed by atoms with Crippen LogP contribution in [0.5, 0.6) is 0 Å². The maximum absolute atomic E-state index is 12.6. The number of benzene rings is 1. The molecule has 0 saturated carbocycles. The van der Waals surface area contributed by atoms with E-state index in [1.165, 1.54) is 4.68 Å². The van der Waals surface area contributed by atoms with Crippen LogP contribution in [0, 0.1) is 0 Å². The SMILES string of the molecule is CCOC(=O)c1sc(NC(=O)Cn2nc3n(c2=O)CCCCC3)nc1-c1ccccc1. The van der Waals surface area contributed by atoms with E-state index in [1.807, 2.05) is 30.3 Å². The van der Waals surface area contributed by atoms with Crippen molar-refractivity contribution in [3.05, 3.63) is 51.5 Å². The van der Waals surface area contributed by atoms with Crippen LogP contribution in [-0.2, 0) is 29.0 Å². The summed E-state index contributed by atoms with van der Waals surface area (Å²) in [5, 5.41) is 7.28. The fourth-order valence-electron chi connectivity index (χ4n) is 3.52. The molecule has 0 unspecified atom stereocenters. The quantitative estimate of drug-likeness (QED) is 0.589. The van der Waals surface area contributed by atoms with Crippen LogP contribution >= 0.6 is 11.3 Å². The predicted molar refractivity (Wildman–Crippen MR) is 116 cm³/mol. The Kier molecular flexibility index (Phi) is 6.26. The summed E-state index contributed by atoms with van der Waals surface area (Å²) in [6, 6.07) is 9.23. The van der Waals surface area contributed by atoms with Gasteiger partial charge in [0.05, 0.1) is 12.3 Å². The molecule has 162 valence electrons. The van der Waals surface area contributed by atoms with E-state index < -0.39 is 11.9 Å². The van der Waals surface area contributed by atoms with E-state index in [0.29, 0.717) is 17.1 Å². The molecular weight excluding hydrogens is 418 g/mol.